The molecule has 0 heterocycles. The second-order valence-electron chi connectivity index (χ2n) is 5.06. The predicted octanol–water partition coefficient (Wildman–Crippen LogP) is 3.35. The Kier molecular flexibility index (Phi) is 5.47. The molecule has 2 aromatic rings. The number of carbonyl (C=O) groups is 1. The van der Waals surface area contributed by atoms with Crippen LogP contribution in [0.5, 0.6) is 0 Å². The van der Waals surface area contributed by atoms with Crippen molar-refractivity contribution in [2.45, 2.75) is 13.0 Å². The van der Waals surface area contributed by atoms with Gasteiger partial charge in [-0.2, -0.15) is 0 Å². The first-order valence-electron chi connectivity index (χ1n) is 7.03. The topological polar surface area (TPSA) is 32.3 Å². The Morgan fingerprint density at radius 3 is 2.64 bits per heavy atom. The minimum atomic E-state index is -0.328. The lowest BCUT2D eigenvalue weighted by atomic mass is 10.1. The summed E-state index contributed by atoms with van der Waals surface area (Å²) < 4.78 is 26.5. The van der Waals surface area contributed by atoms with Crippen LogP contribution >= 0.6 is 0 Å². The molecule has 2 amide bonds. The van der Waals surface area contributed by atoms with Gasteiger partial charge in [0, 0.05) is 20.1 Å². The molecule has 2 aromatic carbocycles. The highest BCUT2D eigenvalue weighted by atomic mass is 19.1. The first-order chi connectivity index (χ1) is 10.6. The Balaban J connectivity index is 1.80. The molecular weight excluding hydrogens is 286 g/mol. The van der Waals surface area contributed by atoms with E-state index in [9.17, 15) is 13.6 Å². The highest BCUT2D eigenvalue weighted by Gasteiger charge is 2.09. The van der Waals surface area contributed by atoms with E-state index < -0.39 is 0 Å². The van der Waals surface area contributed by atoms with Gasteiger partial charge < -0.3 is 10.2 Å². The molecule has 0 saturated carbocycles. The summed E-state index contributed by atoms with van der Waals surface area (Å²) in [6.45, 7) is 0.649. The van der Waals surface area contributed by atoms with E-state index in [0.717, 1.165) is 0 Å². The van der Waals surface area contributed by atoms with E-state index in [0.29, 0.717) is 30.6 Å². The van der Waals surface area contributed by atoms with Gasteiger partial charge in [-0.15, -0.1) is 0 Å². The summed E-state index contributed by atoms with van der Waals surface area (Å²) in [6.07, 6.45) is 0.423. The van der Waals surface area contributed by atoms with Gasteiger partial charge in [-0.25, -0.2) is 13.6 Å². The molecule has 0 spiro atoms. The molecule has 0 unspecified atom stereocenters. The van der Waals surface area contributed by atoms with E-state index in [1.807, 2.05) is 0 Å². The van der Waals surface area contributed by atoms with Crippen LogP contribution in [0.4, 0.5) is 13.6 Å². The molecule has 5 heteroatoms. The minimum absolute atomic E-state index is 0.273. The Bertz CT molecular complexity index is 646. The molecule has 0 aliphatic heterocycles. The van der Waals surface area contributed by atoms with E-state index in [-0.39, 0.29) is 17.7 Å². The summed E-state index contributed by atoms with van der Waals surface area (Å²) in [6, 6.07) is 12.3. The second kappa shape index (κ2) is 7.54. The molecule has 0 saturated heterocycles. The summed E-state index contributed by atoms with van der Waals surface area (Å²) in [5, 5.41) is 2.72. The molecule has 116 valence electrons. The van der Waals surface area contributed by atoms with E-state index >= 15 is 0 Å². The number of urea groups is 1. The molecule has 3 nitrogen and oxygen atoms in total. The van der Waals surface area contributed by atoms with Crippen LogP contribution in [0.1, 0.15) is 11.1 Å². The normalized spacial score (nSPS) is 10.3. The molecule has 0 aromatic heterocycles. The van der Waals surface area contributed by atoms with Gasteiger partial charge in [-0.05, 0) is 35.7 Å². The monoisotopic (exact) mass is 304 g/mol. The van der Waals surface area contributed by atoms with E-state index in [4.69, 9.17) is 0 Å². The van der Waals surface area contributed by atoms with Gasteiger partial charge in [0.05, 0.1) is 0 Å². The quantitative estimate of drug-likeness (QED) is 0.902. The summed E-state index contributed by atoms with van der Waals surface area (Å²) >= 11 is 0. The number of hydrogen-bond acceptors (Lipinski definition) is 1. The first-order valence-corrected chi connectivity index (χ1v) is 7.03. The summed E-state index contributed by atoms with van der Waals surface area (Å²) in [5.41, 5.74) is 1.28. The van der Waals surface area contributed by atoms with Gasteiger partial charge in [0.1, 0.15) is 11.6 Å². The molecule has 0 atom stereocenters. The van der Waals surface area contributed by atoms with Gasteiger partial charge in [-0.1, -0.05) is 30.3 Å². The van der Waals surface area contributed by atoms with Crippen LogP contribution < -0.4 is 5.32 Å². The van der Waals surface area contributed by atoms with Crippen molar-refractivity contribution in [1.82, 2.24) is 10.2 Å². The number of rotatable bonds is 5. The van der Waals surface area contributed by atoms with E-state index in [2.05, 4.69) is 5.32 Å². The highest BCUT2D eigenvalue weighted by molar-refractivity contribution is 5.73. The lowest BCUT2D eigenvalue weighted by Gasteiger charge is -2.18. The van der Waals surface area contributed by atoms with Crippen LogP contribution in [0.15, 0.2) is 48.5 Å². The third kappa shape index (κ3) is 4.55. The Morgan fingerprint density at radius 1 is 1.14 bits per heavy atom. The minimum Gasteiger partial charge on any atom is -0.338 e. The van der Waals surface area contributed by atoms with Crippen LogP contribution in [0.25, 0.3) is 0 Å². The first kappa shape index (κ1) is 15.9. The fourth-order valence-corrected chi connectivity index (χ4v) is 2.12. The third-order valence-corrected chi connectivity index (χ3v) is 3.28. The van der Waals surface area contributed by atoms with Crippen molar-refractivity contribution in [3.8, 4) is 0 Å². The number of halogens is 2. The number of nitrogens with zero attached hydrogens (tertiary/aromatic N) is 1. The standard InChI is InChI=1S/C17H18F2N2O/c1-21(12-13-5-4-7-15(18)11-13)17(22)20-10-9-14-6-2-3-8-16(14)19/h2-8,11H,9-10,12H2,1H3,(H,20,22). The van der Waals surface area contributed by atoms with Gasteiger partial charge in [-0.3, -0.25) is 0 Å². The zero-order valence-electron chi connectivity index (χ0n) is 12.4. The van der Waals surface area contributed by atoms with Crippen molar-refractivity contribution < 1.29 is 13.6 Å². The molecular formula is C17H18F2N2O. The number of hydrogen-bond donors (Lipinski definition) is 1. The van der Waals surface area contributed by atoms with E-state index in [1.54, 1.807) is 37.4 Å². The van der Waals surface area contributed by atoms with Crippen molar-refractivity contribution in [1.29, 1.82) is 0 Å². The molecule has 2 rings (SSSR count). The van der Waals surface area contributed by atoms with Gasteiger partial charge in [0.2, 0.25) is 0 Å². The van der Waals surface area contributed by atoms with Crippen LogP contribution in [0.3, 0.4) is 0 Å². The van der Waals surface area contributed by atoms with Gasteiger partial charge in [0.25, 0.3) is 0 Å². The van der Waals surface area contributed by atoms with Crippen molar-refractivity contribution in [2.75, 3.05) is 13.6 Å². The van der Waals surface area contributed by atoms with Crippen molar-refractivity contribution in [3.63, 3.8) is 0 Å². The highest BCUT2D eigenvalue weighted by Crippen LogP contribution is 2.07. The summed E-state index contributed by atoms with van der Waals surface area (Å²) in [4.78, 5) is 13.4. The maximum absolute atomic E-state index is 13.4. The average Bonchev–Trinajstić information content (AvgIpc) is 2.49. The van der Waals surface area contributed by atoms with Crippen LogP contribution in [0, 0.1) is 11.6 Å². The fraction of sp³-hybridized carbons (Fsp3) is 0.235. The zero-order chi connectivity index (χ0) is 15.9. The SMILES string of the molecule is CN(Cc1cccc(F)c1)C(=O)NCCc1ccccc1F. The maximum Gasteiger partial charge on any atom is 0.317 e. The third-order valence-electron chi connectivity index (χ3n) is 3.28. The number of benzene rings is 2. The van der Waals surface area contributed by atoms with Crippen LogP contribution in [-0.2, 0) is 13.0 Å². The second-order valence-corrected chi connectivity index (χ2v) is 5.06. The summed E-state index contributed by atoms with van der Waals surface area (Å²) in [5.74, 6) is -0.601. The number of carbonyl (C=O) groups excluding carboxylic acids is 1. The lowest BCUT2D eigenvalue weighted by molar-refractivity contribution is 0.207. The summed E-state index contributed by atoms with van der Waals surface area (Å²) in [7, 11) is 1.63. The number of nitrogens with one attached hydrogen (secondary N) is 1. The molecule has 0 fully saturated rings. The molecule has 0 aliphatic carbocycles. The lowest BCUT2D eigenvalue weighted by Crippen LogP contribution is -2.37. The van der Waals surface area contributed by atoms with Crippen molar-refractivity contribution in [3.05, 3.63) is 71.3 Å². The van der Waals surface area contributed by atoms with E-state index in [1.165, 1.54) is 23.1 Å². The van der Waals surface area contributed by atoms with Crippen LogP contribution in [-0.4, -0.2) is 24.5 Å². The fourth-order valence-electron chi connectivity index (χ4n) is 2.12. The average molecular weight is 304 g/mol. The van der Waals surface area contributed by atoms with Gasteiger partial charge >= 0.3 is 6.03 Å². The van der Waals surface area contributed by atoms with Crippen molar-refractivity contribution in [2.24, 2.45) is 0 Å². The Morgan fingerprint density at radius 2 is 1.91 bits per heavy atom. The number of amides is 2. The predicted molar refractivity (Wildman–Crippen MR) is 81.4 cm³/mol. The molecule has 1 N–H and O–H groups in total. The molecule has 0 aliphatic rings. The van der Waals surface area contributed by atoms with Crippen molar-refractivity contribution >= 4 is 6.03 Å². The largest absolute Gasteiger partial charge is 0.338 e. The Labute approximate surface area is 128 Å². The molecule has 0 radical (unpaired) electrons. The Hall–Kier alpha value is -2.43. The maximum atomic E-state index is 13.4. The smallest absolute Gasteiger partial charge is 0.317 e. The molecule has 0 bridgehead atoms. The zero-order valence-corrected chi connectivity index (χ0v) is 12.4. The molecule has 22 heavy (non-hydrogen) atoms. The van der Waals surface area contributed by atoms with Gasteiger partial charge in [0.15, 0.2) is 0 Å². The van der Waals surface area contributed by atoms with Crippen LogP contribution in [0.2, 0.25) is 0 Å².